The molecular formula is C14H20ClN5S. The Morgan fingerprint density at radius 2 is 2.00 bits per heavy atom. The average molecular weight is 326 g/mol. The van der Waals surface area contributed by atoms with Crippen LogP contribution in [-0.2, 0) is 6.54 Å². The highest BCUT2D eigenvalue weighted by Crippen LogP contribution is 2.21. The number of aromatic nitrogens is 2. The van der Waals surface area contributed by atoms with Crippen LogP contribution in [0, 0.1) is 6.92 Å². The first-order valence-corrected chi connectivity index (χ1v) is 7.62. The number of rotatable bonds is 3. The van der Waals surface area contributed by atoms with Crippen LogP contribution in [0.25, 0.3) is 0 Å². The van der Waals surface area contributed by atoms with E-state index in [1.807, 2.05) is 18.6 Å². The maximum absolute atomic E-state index is 5.67. The van der Waals surface area contributed by atoms with Gasteiger partial charge in [0.1, 0.15) is 0 Å². The van der Waals surface area contributed by atoms with E-state index >= 15 is 0 Å². The van der Waals surface area contributed by atoms with Gasteiger partial charge in [0, 0.05) is 50.0 Å². The van der Waals surface area contributed by atoms with E-state index in [0.29, 0.717) is 5.13 Å². The molecule has 0 bridgehead atoms. The zero-order valence-corrected chi connectivity index (χ0v) is 13.7. The molecule has 0 saturated carbocycles. The summed E-state index contributed by atoms with van der Waals surface area (Å²) in [6, 6.07) is 2.07. The lowest BCUT2D eigenvalue weighted by Crippen LogP contribution is -2.46. The van der Waals surface area contributed by atoms with Gasteiger partial charge in [-0.05, 0) is 18.6 Å². The van der Waals surface area contributed by atoms with E-state index in [2.05, 4.69) is 32.8 Å². The molecule has 5 nitrogen and oxygen atoms in total. The third-order valence-electron chi connectivity index (χ3n) is 3.68. The number of halogens is 1. The van der Waals surface area contributed by atoms with Crippen molar-refractivity contribution in [3.8, 4) is 0 Å². The van der Waals surface area contributed by atoms with Crippen molar-refractivity contribution in [2.45, 2.75) is 13.5 Å². The van der Waals surface area contributed by atoms with Gasteiger partial charge in [-0.3, -0.25) is 9.88 Å². The van der Waals surface area contributed by atoms with Crippen LogP contribution in [0.15, 0.2) is 24.7 Å². The van der Waals surface area contributed by atoms with E-state index in [1.54, 1.807) is 11.3 Å². The molecule has 1 aliphatic rings. The van der Waals surface area contributed by atoms with Crippen molar-refractivity contribution in [2.24, 2.45) is 0 Å². The molecule has 0 amide bonds. The summed E-state index contributed by atoms with van der Waals surface area (Å²) in [7, 11) is 0. The van der Waals surface area contributed by atoms with Gasteiger partial charge in [0.05, 0.1) is 11.9 Å². The molecule has 3 heterocycles. The number of anilines is 2. The Morgan fingerprint density at radius 3 is 2.62 bits per heavy atom. The van der Waals surface area contributed by atoms with E-state index in [0.717, 1.165) is 32.7 Å². The van der Waals surface area contributed by atoms with Crippen molar-refractivity contribution in [1.29, 1.82) is 0 Å². The van der Waals surface area contributed by atoms with Crippen LogP contribution in [0.1, 0.15) is 10.4 Å². The normalized spacial score (nSPS) is 15.8. The second kappa shape index (κ2) is 7.06. The molecule has 0 aromatic carbocycles. The van der Waals surface area contributed by atoms with Crippen LogP contribution >= 0.6 is 23.7 Å². The summed E-state index contributed by atoms with van der Waals surface area (Å²) in [5.74, 6) is 0. The number of nitrogens with zero attached hydrogens (tertiary/aromatic N) is 4. The van der Waals surface area contributed by atoms with Gasteiger partial charge in [-0.1, -0.05) is 0 Å². The Hall–Kier alpha value is -1.37. The van der Waals surface area contributed by atoms with E-state index in [9.17, 15) is 0 Å². The van der Waals surface area contributed by atoms with E-state index < -0.39 is 0 Å². The van der Waals surface area contributed by atoms with Crippen LogP contribution in [0.3, 0.4) is 0 Å². The van der Waals surface area contributed by atoms with Gasteiger partial charge >= 0.3 is 0 Å². The first-order valence-electron chi connectivity index (χ1n) is 6.80. The summed E-state index contributed by atoms with van der Waals surface area (Å²) in [6.45, 7) is 7.30. The van der Waals surface area contributed by atoms with Gasteiger partial charge in [-0.15, -0.1) is 23.7 Å². The monoisotopic (exact) mass is 325 g/mol. The molecule has 0 radical (unpaired) electrons. The number of nitrogen functional groups attached to an aromatic ring is 1. The molecule has 0 spiro atoms. The molecule has 7 heteroatoms. The Labute approximate surface area is 135 Å². The number of aryl methyl sites for hydroxylation is 1. The number of hydrogen-bond acceptors (Lipinski definition) is 6. The Morgan fingerprint density at radius 1 is 1.24 bits per heavy atom. The lowest BCUT2D eigenvalue weighted by Gasteiger charge is -2.36. The van der Waals surface area contributed by atoms with Crippen molar-refractivity contribution in [1.82, 2.24) is 14.9 Å². The van der Waals surface area contributed by atoms with Crippen LogP contribution < -0.4 is 10.6 Å². The molecule has 2 aromatic rings. The first-order chi connectivity index (χ1) is 9.72. The molecule has 0 atom stereocenters. The fourth-order valence-corrected chi connectivity index (χ4v) is 3.28. The summed E-state index contributed by atoms with van der Waals surface area (Å²) in [6.07, 6.45) is 5.70. The van der Waals surface area contributed by atoms with Gasteiger partial charge in [0.15, 0.2) is 5.13 Å². The molecule has 0 aliphatic carbocycles. The van der Waals surface area contributed by atoms with Crippen molar-refractivity contribution in [3.05, 3.63) is 35.1 Å². The van der Waals surface area contributed by atoms with E-state index in [-0.39, 0.29) is 12.4 Å². The smallest absolute Gasteiger partial charge is 0.180 e. The van der Waals surface area contributed by atoms with Gasteiger partial charge < -0.3 is 10.6 Å². The third-order valence-corrected chi connectivity index (χ3v) is 4.49. The Bertz CT molecular complexity index is 580. The average Bonchev–Trinajstić information content (AvgIpc) is 2.86. The Balaban J connectivity index is 0.00000161. The standard InChI is InChI=1S/C14H19N5S.ClH/c1-11-2-3-16-9-13(11)19-6-4-18(5-7-19)10-12-8-17-14(15)20-12;/h2-3,8-9H,4-7,10H2,1H3,(H2,15,17);1H. The second-order valence-electron chi connectivity index (χ2n) is 5.09. The lowest BCUT2D eigenvalue weighted by atomic mass is 10.2. The van der Waals surface area contributed by atoms with Crippen molar-refractivity contribution in [2.75, 3.05) is 36.8 Å². The fourth-order valence-electron chi connectivity index (χ4n) is 2.55. The highest BCUT2D eigenvalue weighted by molar-refractivity contribution is 7.15. The summed E-state index contributed by atoms with van der Waals surface area (Å²) in [5.41, 5.74) is 8.23. The Kier molecular flexibility index (Phi) is 5.39. The highest BCUT2D eigenvalue weighted by Gasteiger charge is 2.19. The van der Waals surface area contributed by atoms with Crippen LogP contribution in [-0.4, -0.2) is 41.0 Å². The summed E-state index contributed by atoms with van der Waals surface area (Å²) < 4.78 is 0. The minimum atomic E-state index is 0. The minimum absolute atomic E-state index is 0. The van der Waals surface area contributed by atoms with E-state index in [4.69, 9.17) is 5.73 Å². The largest absolute Gasteiger partial charge is 0.375 e. The molecule has 0 unspecified atom stereocenters. The van der Waals surface area contributed by atoms with Gasteiger partial charge in [0.25, 0.3) is 0 Å². The van der Waals surface area contributed by atoms with Gasteiger partial charge in [-0.2, -0.15) is 0 Å². The zero-order valence-electron chi connectivity index (χ0n) is 12.0. The number of nitrogens with two attached hydrogens (primary N) is 1. The van der Waals surface area contributed by atoms with Crippen LogP contribution in [0.4, 0.5) is 10.8 Å². The lowest BCUT2D eigenvalue weighted by molar-refractivity contribution is 0.251. The molecular weight excluding hydrogens is 306 g/mol. The highest BCUT2D eigenvalue weighted by atomic mass is 35.5. The minimum Gasteiger partial charge on any atom is -0.375 e. The van der Waals surface area contributed by atoms with Crippen LogP contribution in [0.2, 0.25) is 0 Å². The predicted molar refractivity (Wildman–Crippen MR) is 90.2 cm³/mol. The molecule has 1 fully saturated rings. The number of pyridine rings is 1. The summed E-state index contributed by atoms with van der Waals surface area (Å²) in [4.78, 5) is 14.5. The molecule has 3 rings (SSSR count). The summed E-state index contributed by atoms with van der Waals surface area (Å²) in [5, 5.41) is 0.657. The quantitative estimate of drug-likeness (QED) is 0.937. The molecule has 114 valence electrons. The van der Waals surface area contributed by atoms with Crippen molar-refractivity contribution in [3.63, 3.8) is 0 Å². The molecule has 2 N–H and O–H groups in total. The van der Waals surface area contributed by atoms with Gasteiger partial charge in [-0.25, -0.2) is 4.98 Å². The van der Waals surface area contributed by atoms with Crippen molar-refractivity contribution >= 4 is 34.6 Å². The maximum Gasteiger partial charge on any atom is 0.180 e. The second-order valence-corrected chi connectivity index (χ2v) is 6.24. The number of hydrogen-bond donors (Lipinski definition) is 1. The zero-order chi connectivity index (χ0) is 13.9. The fraction of sp³-hybridized carbons (Fsp3) is 0.429. The van der Waals surface area contributed by atoms with Gasteiger partial charge in [0.2, 0.25) is 0 Å². The predicted octanol–water partition coefficient (Wildman–Crippen LogP) is 2.17. The third kappa shape index (κ3) is 3.84. The molecule has 1 saturated heterocycles. The topological polar surface area (TPSA) is 58.3 Å². The summed E-state index contributed by atoms with van der Waals surface area (Å²) >= 11 is 1.58. The molecule has 1 aliphatic heterocycles. The van der Waals surface area contributed by atoms with E-state index in [1.165, 1.54) is 16.1 Å². The molecule has 21 heavy (non-hydrogen) atoms. The maximum atomic E-state index is 5.67. The number of thiazole rings is 1. The SMILES string of the molecule is Cc1ccncc1N1CCN(Cc2cnc(N)s2)CC1.Cl. The number of piperazine rings is 1. The van der Waals surface area contributed by atoms with Crippen LogP contribution in [0.5, 0.6) is 0 Å². The first kappa shape index (κ1) is 16.0. The van der Waals surface area contributed by atoms with Crippen molar-refractivity contribution < 1.29 is 0 Å². The molecule has 2 aromatic heterocycles.